The van der Waals surface area contributed by atoms with Crippen molar-refractivity contribution in [3.8, 4) is 18.2 Å². The fourth-order valence-electron chi connectivity index (χ4n) is 1.12. The van der Waals surface area contributed by atoms with Gasteiger partial charge in [0.25, 0.3) is 5.88 Å². The fourth-order valence-corrected chi connectivity index (χ4v) is 1.12. The summed E-state index contributed by atoms with van der Waals surface area (Å²) in [6.07, 6.45) is 6.19. The van der Waals surface area contributed by atoms with Crippen LogP contribution in [-0.2, 0) is 0 Å². The summed E-state index contributed by atoms with van der Waals surface area (Å²) >= 11 is 0. The number of aromatic nitrogens is 1. The Kier molecular flexibility index (Phi) is 5.21. The van der Waals surface area contributed by atoms with Crippen molar-refractivity contribution in [2.45, 2.75) is 19.8 Å². The average Bonchev–Trinajstić information content (AvgIpc) is 2.31. The van der Waals surface area contributed by atoms with Crippen molar-refractivity contribution in [2.75, 3.05) is 18.5 Å². The van der Waals surface area contributed by atoms with E-state index in [-0.39, 0.29) is 18.3 Å². The number of nitrogens with one attached hydrogen (secondary N) is 1. The first-order valence-corrected chi connectivity index (χ1v) is 5.35. The Morgan fingerprint density at radius 3 is 2.88 bits per heavy atom. The second-order valence-electron chi connectivity index (χ2n) is 3.34. The number of nitrogens with zero attached hydrogens (tertiary/aromatic N) is 1. The van der Waals surface area contributed by atoms with E-state index in [1.54, 1.807) is 0 Å². The highest BCUT2D eigenvalue weighted by Gasteiger charge is 2.12. The molecule has 5 heteroatoms. The zero-order valence-corrected chi connectivity index (χ0v) is 9.59. The van der Waals surface area contributed by atoms with Gasteiger partial charge in [-0.1, -0.05) is 6.92 Å². The molecule has 0 fully saturated rings. The number of halogens is 2. The Morgan fingerprint density at radius 2 is 2.24 bits per heavy atom. The molecule has 0 aliphatic carbocycles. The monoisotopic (exact) mass is 240 g/mol. The summed E-state index contributed by atoms with van der Waals surface area (Å²) in [5, 5.41) is 2.75. The summed E-state index contributed by atoms with van der Waals surface area (Å²) in [4.78, 5) is 3.73. The van der Waals surface area contributed by atoms with Crippen LogP contribution in [0.3, 0.4) is 0 Å². The molecule has 0 saturated carbocycles. The van der Waals surface area contributed by atoms with Crippen LogP contribution in [0.25, 0.3) is 0 Å². The third kappa shape index (κ3) is 3.91. The number of rotatable bonds is 6. The van der Waals surface area contributed by atoms with Crippen molar-refractivity contribution in [1.29, 1.82) is 0 Å². The van der Waals surface area contributed by atoms with Gasteiger partial charge in [-0.15, -0.1) is 12.3 Å². The molecule has 1 N–H and O–H groups in total. The molecule has 3 nitrogen and oxygen atoms in total. The van der Waals surface area contributed by atoms with Crippen molar-refractivity contribution in [2.24, 2.45) is 0 Å². The molecule has 0 unspecified atom stereocenters. The molecular formula is C12H14F2N2O. The molecule has 0 aliphatic rings. The van der Waals surface area contributed by atoms with Crippen LogP contribution in [0.2, 0.25) is 0 Å². The average molecular weight is 240 g/mol. The Morgan fingerprint density at radius 1 is 1.47 bits per heavy atom. The van der Waals surface area contributed by atoms with Crippen LogP contribution in [0.1, 0.15) is 19.8 Å². The Labute approximate surface area is 99.2 Å². The molecule has 0 saturated heterocycles. The minimum absolute atomic E-state index is 0.0102. The highest BCUT2D eigenvalue weighted by Crippen LogP contribution is 2.20. The molecule has 1 rings (SSSR count). The van der Waals surface area contributed by atoms with Crippen molar-refractivity contribution in [3.05, 3.63) is 17.7 Å². The molecule has 0 radical (unpaired) electrons. The summed E-state index contributed by atoms with van der Waals surface area (Å²) in [7, 11) is 0. The van der Waals surface area contributed by atoms with E-state index in [9.17, 15) is 8.78 Å². The Balaban J connectivity index is 2.78. The summed E-state index contributed by atoms with van der Waals surface area (Å²) in [6, 6.07) is 0.746. The molecule has 1 heterocycles. The van der Waals surface area contributed by atoms with E-state index in [1.165, 1.54) is 0 Å². The first kappa shape index (κ1) is 13.2. The van der Waals surface area contributed by atoms with Gasteiger partial charge in [-0.2, -0.15) is 4.98 Å². The van der Waals surface area contributed by atoms with Gasteiger partial charge >= 0.3 is 0 Å². The molecule has 0 atom stereocenters. The lowest BCUT2D eigenvalue weighted by atomic mass is 10.4. The fraction of sp³-hybridized carbons (Fsp3) is 0.417. The number of hydrogen-bond donors (Lipinski definition) is 1. The lowest BCUT2D eigenvalue weighted by Crippen LogP contribution is -2.08. The van der Waals surface area contributed by atoms with Gasteiger partial charge in [0.1, 0.15) is 6.61 Å². The molecule has 0 bridgehead atoms. The van der Waals surface area contributed by atoms with E-state index < -0.39 is 11.6 Å². The van der Waals surface area contributed by atoms with E-state index in [0.717, 1.165) is 12.5 Å². The first-order valence-electron chi connectivity index (χ1n) is 5.35. The predicted molar refractivity (Wildman–Crippen MR) is 61.9 cm³/mol. The van der Waals surface area contributed by atoms with E-state index in [4.69, 9.17) is 11.2 Å². The highest BCUT2D eigenvalue weighted by molar-refractivity contribution is 5.39. The molecule has 1 aromatic rings. The van der Waals surface area contributed by atoms with E-state index in [0.29, 0.717) is 13.0 Å². The van der Waals surface area contributed by atoms with Gasteiger partial charge in [-0.3, -0.25) is 0 Å². The lowest BCUT2D eigenvalue weighted by molar-refractivity contribution is 0.295. The topological polar surface area (TPSA) is 34.1 Å². The summed E-state index contributed by atoms with van der Waals surface area (Å²) in [5.74, 6) is 0.539. The van der Waals surface area contributed by atoms with Gasteiger partial charge in [0.15, 0.2) is 17.5 Å². The van der Waals surface area contributed by atoms with Crippen LogP contribution in [-0.4, -0.2) is 18.1 Å². The summed E-state index contributed by atoms with van der Waals surface area (Å²) < 4.78 is 31.6. The smallest absolute Gasteiger partial charge is 0.252 e. The van der Waals surface area contributed by atoms with E-state index >= 15 is 0 Å². The minimum Gasteiger partial charge on any atom is -0.475 e. The van der Waals surface area contributed by atoms with Crippen LogP contribution in [0.4, 0.5) is 14.6 Å². The van der Waals surface area contributed by atoms with Crippen molar-refractivity contribution in [3.63, 3.8) is 0 Å². The number of ether oxygens (including phenoxy) is 1. The van der Waals surface area contributed by atoms with Gasteiger partial charge in [0.05, 0.1) is 0 Å². The maximum atomic E-state index is 13.3. The quantitative estimate of drug-likeness (QED) is 0.613. The SMILES string of the molecule is C#CCCOc1nc(NCCC)c(F)cc1F. The van der Waals surface area contributed by atoms with E-state index in [2.05, 4.69) is 16.2 Å². The van der Waals surface area contributed by atoms with Crippen LogP contribution >= 0.6 is 0 Å². The van der Waals surface area contributed by atoms with Crippen molar-refractivity contribution < 1.29 is 13.5 Å². The zero-order chi connectivity index (χ0) is 12.7. The summed E-state index contributed by atoms with van der Waals surface area (Å²) in [5.41, 5.74) is 0. The van der Waals surface area contributed by atoms with Crippen molar-refractivity contribution in [1.82, 2.24) is 4.98 Å². The van der Waals surface area contributed by atoms with Gasteiger partial charge in [-0.25, -0.2) is 8.78 Å². The van der Waals surface area contributed by atoms with Gasteiger partial charge in [0.2, 0.25) is 0 Å². The summed E-state index contributed by atoms with van der Waals surface area (Å²) in [6.45, 7) is 2.64. The van der Waals surface area contributed by atoms with E-state index in [1.807, 2.05) is 6.92 Å². The zero-order valence-electron chi connectivity index (χ0n) is 9.59. The number of pyridine rings is 1. The van der Waals surface area contributed by atoms with Crippen LogP contribution in [0, 0.1) is 24.0 Å². The predicted octanol–water partition coefficient (Wildman–Crippen LogP) is 2.58. The second-order valence-corrected chi connectivity index (χ2v) is 3.34. The minimum atomic E-state index is -0.832. The Bertz CT molecular complexity index is 416. The van der Waals surface area contributed by atoms with Crippen molar-refractivity contribution >= 4 is 5.82 Å². The Hall–Kier alpha value is -1.83. The molecular weight excluding hydrogens is 226 g/mol. The third-order valence-corrected chi connectivity index (χ3v) is 1.92. The second kappa shape index (κ2) is 6.69. The highest BCUT2D eigenvalue weighted by atomic mass is 19.1. The molecule has 0 amide bonds. The molecule has 0 spiro atoms. The van der Waals surface area contributed by atoms with Crippen LogP contribution in [0.5, 0.6) is 5.88 Å². The normalized spacial score (nSPS) is 9.76. The van der Waals surface area contributed by atoms with Gasteiger partial charge in [0, 0.05) is 19.0 Å². The molecule has 17 heavy (non-hydrogen) atoms. The van der Waals surface area contributed by atoms with Gasteiger partial charge in [-0.05, 0) is 6.42 Å². The number of terminal acetylenes is 1. The maximum Gasteiger partial charge on any atom is 0.252 e. The number of anilines is 1. The third-order valence-electron chi connectivity index (χ3n) is 1.92. The van der Waals surface area contributed by atoms with Gasteiger partial charge < -0.3 is 10.1 Å². The standard InChI is InChI=1S/C12H14F2N2O/c1-3-5-7-17-12-10(14)8-9(13)11(16-12)15-6-4-2/h1,8H,4-7H2,2H3,(H,15,16). The molecule has 1 aromatic heterocycles. The largest absolute Gasteiger partial charge is 0.475 e. The van der Waals surface area contributed by atoms with Crippen LogP contribution < -0.4 is 10.1 Å². The molecule has 0 aliphatic heterocycles. The number of hydrogen-bond acceptors (Lipinski definition) is 3. The molecule has 92 valence electrons. The van der Waals surface area contributed by atoms with Crippen LogP contribution in [0.15, 0.2) is 6.07 Å². The lowest BCUT2D eigenvalue weighted by Gasteiger charge is -2.09. The first-order chi connectivity index (χ1) is 8.19. The molecule has 0 aromatic carbocycles. The maximum absolute atomic E-state index is 13.3.